The minimum Gasteiger partial charge on any atom is -0.338 e. The molecule has 0 N–H and O–H groups in total. The Morgan fingerprint density at radius 1 is 1.05 bits per heavy atom. The molecule has 1 aliphatic heterocycles. The van der Waals surface area contributed by atoms with Gasteiger partial charge in [0.1, 0.15) is 5.78 Å². The molecule has 0 unspecified atom stereocenters. The van der Waals surface area contributed by atoms with Crippen LogP contribution in [-0.2, 0) is 27.2 Å². The summed E-state index contributed by atoms with van der Waals surface area (Å²) in [7, 11) is 0. The van der Waals surface area contributed by atoms with Crippen LogP contribution in [0.3, 0.4) is 0 Å². The number of carbonyl (C=O) groups is 1. The fourth-order valence-corrected chi connectivity index (χ4v) is 3.38. The number of piperazine rings is 1. The Morgan fingerprint density at radius 2 is 1.50 bits per heavy atom. The maximum absolute atomic E-state index is 11.1. The van der Waals surface area contributed by atoms with Crippen LogP contribution in [0.2, 0.25) is 0 Å². The summed E-state index contributed by atoms with van der Waals surface area (Å²) in [6.07, 6.45) is 1.13. The Kier molecular flexibility index (Phi) is 8.23. The Labute approximate surface area is 141 Å². The van der Waals surface area contributed by atoms with E-state index in [1.165, 1.54) is 0 Å². The van der Waals surface area contributed by atoms with Crippen LogP contribution in [0, 0.1) is 17.8 Å². The molecule has 0 aromatic heterocycles. The summed E-state index contributed by atoms with van der Waals surface area (Å²) in [6.45, 7) is 20.9. The van der Waals surface area contributed by atoms with Gasteiger partial charge in [-0.25, -0.2) is 0 Å². The van der Waals surface area contributed by atoms with Crippen LogP contribution < -0.4 is 0 Å². The van der Waals surface area contributed by atoms with Gasteiger partial charge in [-0.15, -0.1) is 0 Å². The van der Waals surface area contributed by atoms with E-state index in [1.807, 2.05) is 0 Å². The standard InChI is InChI=1S/C16H31N2O.Ag/c1-14(19)11-17-7-9-18(10-8-17)13-16(5,6)12-15(2,3)4;/h2,7-13H2,1,3-6H3;/q-1;+1. The van der Waals surface area contributed by atoms with E-state index in [0.717, 1.165) is 39.1 Å². The second kappa shape index (κ2) is 8.09. The minimum absolute atomic E-state index is 0. The zero-order chi connectivity index (χ0) is 14.7. The van der Waals surface area contributed by atoms with Gasteiger partial charge >= 0.3 is 22.4 Å². The predicted molar refractivity (Wildman–Crippen MR) is 81.1 cm³/mol. The number of hydrogen-bond acceptors (Lipinski definition) is 3. The van der Waals surface area contributed by atoms with Gasteiger partial charge in [-0.1, -0.05) is 34.1 Å². The molecule has 1 rings (SSSR count). The largest absolute Gasteiger partial charge is 1.00 e. The van der Waals surface area contributed by atoms with Crippen LogP contribution in [-0.4, -0.2) is 54.9 Å². The van der Waals surface area contributed by atoms with Crippen LogP contribution in [0.1, 0.15) is 41.0 Å². The zero-order valence-corrected chi connectivity index (χ0v) is 15.2. The SMILES string of the molecule is [Ag+].[CH2-]C(C)(C)CC(C)(C)CN1CCN(CC(C)=O)CC1. The molecule has 1 fully saturated rings. The van der Waals surface area contributed by atoms with Crippen LogP contribution in [0.25, 0.3) is 0 Å². The Balaban J connectivity index is 0.00000361. The summed E-state index contributed by atoms with van der Waals surface area (Å²) in [5.74, 6) is 0.271. The normalized spacial score (nSPS) is 18.7. The van der Waals surface area contributed by atoms with Gasteiger partial charge in [-0.05, 0) is 12.3 Å². The second-order valence-electron chi connectivity index (χ2n) is 7.76. The predicted octanol–water partition coefficient (Wildman–Crippen LogP) is 2.47. The topological polar surface area (TPSA) is 23.6 Å². The van der Waals surface area contributed by atoms with Crippen LogP contribution in [0.15, 0.2) is 0 Å². The first-order chi connectivity index (χ1) is 8.57. The molecule has 1 saturated heterocycles. The van der Waals surface area contributed by atoms with Gasteiger partial charge in [0.05, 0.1) is 6.54 Å². The monoisotopic (exact) mass is 374 g/mol. The molecule has 0 aromatic carbocycles. The Morgan fingerprint density at radius 3 is 1.90 bits per heavy atom. The summed E-state index contributed by atoms with van der Waals surface area (Å²) >= 11 is 0. The molecule has 122 valence electrons. The van der Waals surface area contributed by atoms with Crippen molar-refractivity contribution in [2.24, 2.45) is 10.8 Å². The molecule has 0 atom stereocenters. The van der Waals surface area contributed by atoms with Gasteiger partial charge in [0.2, 0.25) is 0 Å². The van der Waals surface area contributed by atoms with E-state index in [-0.39, 0.29) is 33.6 Å². The van der Waals surface area contributed by atoms with Gasteiger partial charge in [0, 0.05) is 32.7 Å². The minimum atomic E-state index is 0. The fourth-order valence-electron chi connectivity index (χ4n) is 3.38. The van der Waals surface area contributed by atoms with Crippen molar-refractivity contribution in [2.45, 2.75) is 41.0 Å². The van der Waals surface area contributed by atoms with Gasteiger partial charge < -0.3 is 11.8 Å². The van der Waals surface area contributed by atoms with Crippen molar-refractivity contribution in [3.8, 4) is 0 Å². The van der Waals surface area contributed by atoms with Crippen molar-refractivity contribution in [2.75, 3.05) is 39.3 Å². The van der Waals surface area contributed by atoms with Gasteiger partial charge in [0.25, 0.3) is 0 Å². The molecule has 0 radical (unpaired) electrons. The number of rotatable bonds is 6. The Bertz CT molecular complexity index is 302. The maximum atomic E-state index is 11.1. The summed E-state index contributed by atoms with van der Waals surface area (Å²) in [5.41, 5.74) is 0.438. The van der Waals surface area contributed by atoms with Crippen molar-refractivity contribution in [1.82, 2.24) is 9.80 Å². The Hall–Kier alpha value is 0.330. The molecular formula is C16H31AgN2O. The van der Waals surface area contributed by atoms with E-state index in [0.29, 0.717) is 12.0 Å². The fraction of sp³-hybridized carbons (Fsp3) is 0.875. The number of carbonyl (C=O) groups excluding carboxylic acids is 1. The number of nitrogens with zero attached hydrogens (tertiary/aromatic N) is 2. The average molecular weight is 375 g/mol. The third kappa shape index (κ3) is 8.58. The quantitative estimate of drug-likeness (QED) is 0.527. The van der Waals surface area contributed by atoms with E-state index in [2.05, 4.69) is 44.4 Å². The molecule has 20 heavy (non-hydrogen) atoms. The molecule has 0 bridgehead atoms. The number of ketones is 1. The number of Topliss-reactive ketones (excluding diaryl/α,β-unsaturated/α-hetero) is 1. The first-order valence-corrected chi connectivity index (χ1v) is 7.37. The molecular weight excluding hydrogens is 344 g/mol. The third-order valence-electron chi connectivity index (χ3n) is 3.52. The molecule has 0 aromatic rings. The van der Waals surface area contributed by atoms with Gasteiger partial charge in [0.15, 0.2) is 0 Å². The summed E-state index contributed by atoms with van der Waals surface area (Å²) in [6, 6.07) is 0. The van der Waals surface area contributed by atoms with E-state index in [1.54, 1.807) is 6.92 Å². The van der Waals surface area contributed by atoms with Crippen LogP contribution >= 0.6 is 0 Å². The molecule has 4 heteroatoms. The summed E-state index contributed by atoms with van der Waals surface area (Å²) < 4.78 is 0. The van der Waals surface area contributed by atoms with Gasteiger partial charge in [-0.3, -0.25) is 9.69 Å². The first kappa shape index (κ1) is 20.3. The molecule has 1 aliphatic rings. The summed E-state index contributed by atoms with van der Waals surface area (Å²) in [5, 5.41) is 0. The molecule has 0 amide bonds. The van der Waals surface area contributed by atoms with Gasteiger partial charge in [-0.2, -0.15) is 5.41 Å². The summed E-state index contributed by atoms with van der Waals surface area (Å²) in [4.78, 5) is 15.9. The smallest absolute Gasteiger partial charge is 0.338 e. The third-order valence-corrected chi connectivity index (χ3v) is 3.52. The zero-order valence-electron chi connectivity index (χ0n) is 13.8. The molecule has 0 spiro atoms. The van der Waals surface area contributed by atoms with E-state index >= 15 is 0 Å². The number of hydrogen-bond donors (Lipinski definition) is 0. The van der Waals surface area contributed by atoms with Crippen LogP contribution in [0.5, 0.6) is 0 Å². The van der Waals surface area contributed by atoms with Crippen molar-refractivity contribution in [3.63, 3.8) is 0 Å². The average Bonchev–Trinajstić information content (AvgIpc) is 2.15. The molecule has 1 heterocycles. The van der Waals surface area contributed by atoms with Crippen molar-refractivity contribution in [1.29, 1.82) is 0 Å². The molecule has 3 nitrogen and oxygen atoms in total. The van der Waals surface area contributed by atoms with Crippen LogP contribution in [0.4, 0.5) is 0 Å². The second-order valence-corrected chi connectivity index (χ2v) is 7.76. The van der Waals surface area contributed by atoms with Crippen molar-refractivity contribution >= 4 is 5.78 Å². The first-order valence-electron chi connectivity index (χ1n) is 7.37. The molecule has 0 aliphatic carbocycles. The van der Waals surface area contributed by atoms with Crippen molar-refractivity contribution < 1.29 is 27.2 Å². The van der Waals surface area contributed by atoms with E-state index in [4.69, 9.17) is 0 Å². The maximum Gasteiger partial charge on any atom is 1.00 e. The van der Waals surface area contributed by atoms with Crippen molar-refractivity contribution in [3.05, 3.63) is 6.92 Å². The molecule has 0 saturated carbocycles. The van der Waals surface area contributed by atoms with E-state index < -0.39 is 0 Å². The van der Waals surface area contributed by atoms with E-state index in [9.17, 15) is 4.79 Å².